The Labute approximate surface area is 59.0 Å². The molecule has 2 nitrogen and oxygen atoms in total. The third-order valence-electron chi connectivity index (χ3n) is 1.17. The topological polar surface area (TPSA) is 29.9 Å². The summed E-state index contributed by atoms with van der Waals surface area (Å²) in [7, 11) is 0. The molecule has 0 atom stereocenters. The Hall–Kier alpha value is -0.760. The number of anilines is 1. The molecule has 0 radical (unpaired) electrons. The second-order valence-electron chi connectivity index (χ2n) is 1.93. The van der Waals surface area contributed by atoms with Crippen molar-refractivity contribution in [2.75, 3.05) is 5.73 Å². The van der Waals surface area contributed by atoms with Crippen molar-refractivity contribution in [3.63, 3.8) is 0 Å². The first kappa shape index (κ1) is 6.36. The molecular weight excluding hydrogens is 136 g/mol. The average Bonchev–Trinajstić information content (AvgIpc) is 1.80. The van der Waals surface area contributed by atoms with E-state index in [1.165, 1.54) is 4.09 Å². The van der Waals surface area contributed by atoms with Gasteiger partial charge in [0, 0.05) is 17.3 Å². The monoisotopic (exact) mass is 143 g/mol. The van der Waals surface area contributed by atoms with Crippen LogP contribution in [0.25, 0.3) is 0 Å². The van der Waals surface area contributed by atoms with Crippen molar-refractivity contribution in [1.29, 1.82) is 0 Å². The lowest BCUT2D eigenvalue weighted by Crippen LogP contribution is -2.19. The second-order valence-corrected chi connectivity index (χ2v) is 2.32. The third kappa shape index (κ3) is 1.33. The molecular formula is C6H8ClN2+. The largest absolute Gasteiger partial charge is 0.398 e. The van der Waals surface area contributed by atoms with Crippen LogP contribution >= 0.6 is 11.8 Å². The summed E-state index contributed by atoms with van der Waals surface area (Å²) in [6.07, 6.45) is 3.46. The Morgan fingerprint density at radius 2 is 2.33 bits per heavy atom. The van der Waals surface area contributed by atoms with Gasteiger partial charge in [-0.25, -0.2) is 0 Å². The van der Waals surface area contributed by atoms with Crippen LogP contribution < -0.4 is 9.82 Å². The minimum atomic E-state index is 0.770. The summed E-state index contributed by atoms with van der Waals surface area (Å²) in [5.41, 5.74) is 7.28. The van der Waals surface area contributed by atoms with Crippen molar-refractivity contribution in [2.45, 2.75) is 6.92 Å². The number of hydrogen-bond donors (Lipinski definition) is 1. The number of aromatic nitrogens is 1. The number of nitrogens with zero attached hydrogens (tertiary/aromatic N) is 1. The first-order valence-corrected chi connectivity index (χ1v) is 2.97. The summed E-state index contributed by atoms with van der Waals surface area (Å²) < 4.78 is 1.45. The summed E-state index contributed by atoms with van der Waals surface area (Å²) in [5.74, 6) is 0. The molecule has 0 aromatic carbocycles. The van der Waals surface area contributed by atoms with Gasteiger partial charge in [0.05, 0.1) is 0 Å². The smallest absolute Gasteiger partial charge is 0.267 e. The fourth-order valence-electron chi connectivity index (χ4n) is 0.586. The molecule has 1 aromatic rings. The highest BCUT2D eigenvalue weighted by Crippen LogP contribution is 2.04. The predicted octanol–water partition coefficient (Wildman–Crippen LogP) is 0.867. The van der Waals surface area contributed by atoms with Crippen molar-refractivity contribution in [3.05, 3.63) is 24.0 Å². The van der Waals surface area contributed by atoms with E-state index in [0.29, 0.717) is 0 Å². The number of hydrogen-bond acceptors (Lipinski definition) is 1. The fraction of sp³-hybridized carbons (Fsp3) is 0.167. The summed E-state index contributed by atoms with van der Waals surface area (Å²) in [4.78, 5) is 0. The summed E-state index contributed by atoms with van der Waals surface area (Å²) in [6, 6.07) is 1.77. The lowest BCUT2D eigenvalue weighted by molar-refractivity contribution is -0.519. The summed E-state index contributed by atoms with van der Waals surface area (Å²) >= 11 is 5.58. The van der Waals surface area contributed by atoms with Gasteiger partial charge in [-0.1, -0.05) is 4.09 Å². The van der Waals surface area contributed by atoms with E-state index in [1.54, 1.807) is 18.5 Å². The maximum absolute atomic E-state index is 5.58. The molecule has 0 saturated carbocycles. The van der Waals surface area contributed by atoms with Crippen LogP contribution in [0.2, 0.25) is 0 Å². The quantitative estimate of drug-likeness (QED) is 0.574. The van der Waals surface area contributed by atoms with Gasteiger partial charge in [0.2, 0.25) is 0 Å². The normalized spacial score (nSPS) is 9.56. The zero-order valence-electron chi connectivity index (χ0n) is 5.13. The van der Waals surface area contributed by atoms with E-state index in [4.69, 9.17) is 17.5 Å². The van der Waals surface area contributed by atoms with E-state index in [1.807, 2.05) is 6.92 Å². The standard InChI is InChI=1S/C6H7ClN2/c1-5-4-9(7)3-2-6(5)8/h2-4,8H,1H3/p+1. The van der Waals surface area contributed by atoms with E-state index in [9.17, 15) is 0 Å². The van der Waals surface area contributed by atoms with Gasteiger partial charge in [-0.2, -0.15) is 0 Å². The molecule has 0 spiro atoms. The van der Waals surface area contributed by atoms with E-state index in [0.717, 1.165) is 11.3 Å². The molecule has 0 unspecified atom stereocenters. The van der Waals surface area contributed by atoms with E-state index < -0.39 is 0 Å². The van der Waals surface area contributed by atoms with Crippen molar-refractivity contribution in [3.8, 4) is 0 Å². The highest BCUT2D eigenvalue weighted by Gasteiger charge is 1.98. The second kappa shape index (κ2) is 2.23. The minimum Gasteiger partial charge on any atom is -0.398 e. The number of halogens is 1. The Morgan fingerprint density at radius 3 is 2.78 bits per heavy atom. The van der Waals surface area contributed by atoms with Gasteiger partial charge >= 0.3 is 0 Å². The van der Waals surface area contributed by atoms with Crippen LogP contribution in [-0.4, -0.2) is 0 Å². The van der Waals surface area contributed by atoms with Gasteiger partial charge < -0.3 is 5.73 Å². The molecule has 3 heteroatoms. The first-order chi connectivity index (χ1) is 4.20. The fourth-order valence-corrected chi connectivity index (χ4v) is 0.788. The zero-order chi connectivity index (χ0) is 6.85. The van der Waals surface area contributed by atoms with E-state index >= 15 is 0 Å². The lowest BCUT2D eigenvalue weighted by Gasteiger charge is -1.91. The Kier molecular flexibility index (Phi) is 1.58. The van der Waals surface area contributed by atoms with Crippen LogP contribution in [0.3, 0.4) is 0 Å². The van der Waals surface area contributed by atoms with Crippen LogP contribution in [0.1, 0.15) is 5.56 Å². The maximum atomic E-state index is 5.58. The number of nitrogens with two attached hydrogens (primary N) is 1. The van der Waals surface area contributed by atoms with Crippen LogP contribution in [0.15, 0.2) is 18.5 Å². The molecule has 1 rings (SSSR count). The zero-order valence-corrected chi connectivity index (χ0v) is 5.89. The van der Waals surface area contributed by atoms with Crippen LogP contribution in [0.5, 0.6) is 0 Å². The molecule has 0 amide bonds. The highest BCUT2D eigenvalue weighted by atomic mass is 35.5. The Bertz CT molecular complexity index is 222. The van der Waals surface area contributed by atoms with Crippen molar-refractivity contribution in [1.82, 2.24) is 0 Å². The van der Waals surface area contributed by atoms with Gasteiger partial charge in [0.25, 0.3) is 11.8 Å². The number of aryl methyl sites for hydroxylation is 1. The minimum absolute atomic E-state index is 0.770. The number of rotatable bonds is 0. The molecule has 0 aliphatic heterocycles. The summed E-state index contributed by atoms with van der Waals surface area (Å²) in [5, 5.41) is 0. The van der Waals surface area contributed by atoms with Crippen LogP contribution in [0, 0.1) is 6.92 Å². The molecule has 0 saturated heterocycles. The van der Waals surface area contributed by atoms with Gasteiger partial charge in [0.1, 0.15) is 0 Å². The van der Waals surface area contributed by atoms with Gasteiger partial charge in [0.15, 0.2) is 12.4 Å². The molecule has 1 aromatic heterocycles. The van der Waals surface area contributed by atoms with E-state index in [2.05, 4.69) is 0 Å². The molecule has 0 aliphatic rings. The van der Waals surface area contributed by atoms with Crippen molar-refractivity contribution >= 4 is 17.5 Å². The third-order valence-corrected chi connectivity index (χ3v) is 1.38. The van der Waals surface area contributed by atoms with Crippen LogP contribution in [-0.2, 0) is 0 Å². The molecule has 1 heterocycles. The predicted molar refractivity (Wildman–Crippen MR) is 37.0 cm³/mol. The molecule has 0 aliphatic carbocycles. The SMILES string of the molecule is Cc1c[n+](Cl)ccc1N. The van der Waals surface area contributed by atoms with Crippen molar-refractivity contribution < 1.29 is 4.09 Å². The average molecular weight is 144 g/mol. The molecule has 9 heavy (non-hydrogen) atoms. The van der Waals surface area contributed by atoms with Gasteiger partial charge in [-0.05, 0) is 6.92 Å². The first-order valence-electron chi connectivity index (χ1n) is 2.63. The van der Waals surface area contributed by atoms with Gasteiger partial charge in [-0.15, -0.1) is 0 Å². The maximum Gasteiger partial charge on any atom is 0.267 e. The van der Waals surface area contributed by atoms with Crippen molar-refractivity contribution in [2.24, 2.45) is 0 Å². The molecule has 2 N–H and O–H groups in total. The Balaban J connectivity index is 3.17. The Morgan fingerprint density at radius 1 is 1.67 bits per heavy atom. The lowest BCUT2D eigenvalue weighted by atomic mass is 10.3. The number of nitrogen functional groups attached to an aromatic ring is 1. The summed E-state index contributed by atoms with van der Waals surface area (Å²) in [6.45, 7) is 1.91. The molecule has 0 bridgehead atoms. The molecule has 0 fully saturated rings. The molecule has 48 valence electrons. The van der Waals surface area contributed by atoms with E-state index in [-0.39, 0.29) is 0 Å². The van der Waals surface area contributed by atoms with Crippen LogP contribution in [0.4, 0.5) is 5.69 Å². The highest BCUT2D eigenvalue weighted by molar-refractivity contribution is 6.04. The van der Waals surface area contributed by atoms with Gasteiger partial charge in [-0.3, -0.25) is 0 Å². The number of pyridine rings is 1.